The van der Waals surface area contributed by atoms with Gasteiger partial charge in [0.05, 0.1) is 5.69 Å². The molecule has 2 rings (SSSR count). The molecule has 1 unspecified atom stereocenters. The van der Waals surface area contributed by atoms with Crippen LogP contribution in [-0.2, 0) is 12.1 Å². The molecule has 1 fully saturated rings. The molecule has 2 heterocycles. The van der Waals surface area contributed by atoms with E-state index >= 15 is 0 Å². The third-order valence-electron chi connectivity index (χ3n) is 2.76. The van der Waals surface area contributed by atoms with E-state index in [-0.39, 0.29) is 0 Å². The molecule has 0 bridgehead atoms. The predicted octanol–water partition coefficient (Wildman–Crippen LogP) is 0.474. The van der Waals surface area contributed by atoms with Gasteiger partial charge in [0.15, 0.2) is 0 Å². The summed E-state index contributed by atoms with van der Waals surface area (Å²) >= 11 is 0. The van der Waals surface area contributed by atoms with Crippen molar-refractivity contribution in [1.29, 1.82) is 0 Å². The van der Waals surface area contributed by atoms with Gasteiger partial charge in [0.25, 0.3) is 0 Å². The minimum absolute atomic E-state index is 0.641. The summed E-state index contributed by atoms with van der Waals surface area (Å²) in [7, 11) is 0. The summed E-state index contributed by atoms with van der Waals surface area (Å²) in [6.45, 7) is 4.52. The van der Waals surface area contributed by atoms with Gasteiger partial charge in [-0.3, -0.25) is 4.68 Å². The summed E-state index contributed by atoms with van der Waals surface area (Å²) in [5.74, 6) is 0. The van der Waals surface area contributed by atoms with E-state index in [0.29, 0.717) is 6.54 Å². The van der Waals surface area contributed by atoms with Crippen LogP contribution < -0.4 is 5.32 Å². The Morgan fingerprint density at radius 1 is 1.71 bits per heavy atom. The van der Waals surface area contributed by atoms with Crippen molar-refractivity contribution in [3.8, 4) is 0 Å². The van der Waals surface area contributed by atoms with Gasteiger partial charge in [0, 0.05) is 19.3 Å². The van der Waals surface area contributed by atoms with Crippen LogP contribution in [0.25, 0.3) is 0 Å². The predicted molar refractivity (Wildman–Crippen MR) is 53.9 cm³/mol. The lowest BCUT2D eigenvalue weighted by molar-refractivity contribution is 0.0488. The van der Waals surface area contributed by atoms with Gasteiger partial charge in [0.2, 0.25) is 0 Å². The number of hydrogen-bond acceptors (Lipinski definition) is 3. The SMILES string of the molecule is CCCn1nccc1C1(O)CCNC1. The number of aliphatic hydroxyl groups is 1. The van der Waals surface area contributed by atoms with Crippen molar-refractivity contribution < 1.29 is 5.11 Å². The number of aromatic nitrogens is 2. The highest BCUT2D eigenvalue weighted by Gasteiger charge is 2.35. The van der Waals surface area contributed by atoms with Crippen LogP contribution >= 0.6 is 0 Å². The average Bonchev–Trinajstić information content (AvgIpc) is 2.75. The highest BCUT2D eigenvalue weighted by atomic mass is 16.3. The Morgan fingerprint density at radius 2 is 2.57 bits per heavy atom. The van der Waals surface area contributed by atoms with Crippen LogP contribution in [0.4, 0.5) is 0 Å². The monoisotopic (exact) mass is 195 g/mol. The summed E-state index contributed by atoms with van der Waals surface area (Å²) in [5, 5.41) is 17.7. The van der Waals surface area contributed by atoms with E-state index in [0.717, 1.165) is 31.6 Å². The molecule has 0 aliphatic carbocycles. The first-order valence-electron chi connectivity index (χ1n) is 5.21. The van der Waals surface area contributed by atoms with Crippen molar-refractivity contribution in [3.63, 3.8) is 0 Å². The molecule has 2 N–H and O–H groups in total. The second-order valence-electron chi connectivity index (χ2n) is 3.90. The Kier molecular flexibility index (Phi) is 2.56. The molecule has 1 aliphatic heterocycles. The van der Waals surface area contributed by atoms with Crippen molar-refractivity contribution in [2.75, 3.05) is 13.1 Å². The number of nitrogens with one attached hydrogen (secondary N) is 1. The van der Waals surface area contributed by atoms with Gasteiger partial charge in [-0.2, -0.15) is 5.10 Å². The zero-order valence-electron chi connectivity index (χ0n) is 8.53. The summed E-state index contributed by atoms with van der Waals surface area (Å²) in [5.41, 5.74) is 0.246. The zero-order chi connectivity index (χ0) is 10.0. The van der Waals surface area contributed by atoms with Gasteiger partial charge in [-0.1, -0.05) is 6.92 Å². The van der Waals surface area contributed by atoms with Crippen LogP contribution in [-0.4, -0.2) is 28.0 Å². The molecule has 0 aromatic carbocycles. The zero-order valence-corrected chi connectivity index (χ0v) is 8.53. The van der Waals surface area contributed by atoms with Crippen LogP contribution in [0, 0.1) is 0 Å². The molecule has 14 heavy (non-hydrogen) atoms. The topological polar surface area (TPSA) is 50.1 Å². The molecule has 0 saturated carbocycles. The standard InChI is InChI=1S/C10H17N3O/c1-2-7-13-9(3-5-12-13)10(14)4-6-11-8-10/h3,5,11,14H,2,4,6-8H2,1H3. The van der Waals surface area contributed by atoms with Crippen molar-refractivity contribution in [1.82, 2.24) is 15.1 Å². The van der Waals surface area contributed by atoms with E-state index < -0.39 is 5.60 Å². The molecule has 0 amide bonds. The first kappa shape index (κ1) is 9.68. The normalized spacial score (nSPS) is 27.0. The van der Waals surface area contributed by atoms with Crippen LogP contribution in [0.5, 0.6) is 0 Å². The van der Waals surface area contributed by atoms with Crippen LogP contribution in [0.2, 0.25) is 0 Å². The third kappa shape index (κ3) is 1.55. The highest BCUT2D eigenvalue weighted by Crippen LogP contribution is 2.27. The van der Waals surface area contributed by atoms with Gasteiger partial charge in [-0.25, -0.2) is 0 Å². The number of rotatable bonds is 3. The molecular formula is C10H17N3O. The molecule has 1 aromatic rings. The largest absolute Gasteiger partial charge is 0.382 e. The fourth-order valence-electron chi connectivity index (χ4n) is 2.02. The maximum Gasteiger partial charge on any atom is 0.120 e. The van der Waals surface area contributed by atoms with Crippen molar-refractivity contribution in [3.05, 3.63) is 18.0 Å². The fourth-order valence-corrected chi connectivity index (χ4v) is 2.02. The number of hydrogen-bond donors (Lipinski definition) is 2. The van der Waals surface area contributed by atoms with Crippen LogP contribution in [0.15, 0.2) is 12.3 Å². The lowest BCUT2D eigenvalue weighted by Gasteiger charge is -2.22. The lowest BCUT2D eigenvalue weighted by atomic mass is 9.99. The van der Waals surface area contributed by atoms with Crippen molar-refractivity contribution >= 4 is 0 Å². The maximum absolute atomic E-state index is 10.3. The minimum atomic E-state index is -0.703. The van der Waals surface area contributed by atoms with E-state index in [4.69, 9.17) is 0 Å². The van der Waals surface area contributed by atoms with E-state index in [1.54, 1.807) is 6.20 Å². The van der Waals surface area contributed by atoms with Gasteiger partial charge in [-0.15, -0.1) is 0 Å². The summed E-state index contributed by atoms with van der Waals surface area (Å²) in [6, 6.07) is 1.92. The molecule has 4 nitrogen and oxygen atoms in total. The lowest BCUT2D eigenvalue weighted by Crippen LogP contribution is -2.31. The maximum atomic E-state index is 10.3. The number of β-amino-alcohol motifs (C(OH)–C–C–N with tert-alkyl or cyclic N) is 1. The quantitative estimate of drug-likeness (QED) is 0.737. The van der Waals surface area contributed by atoms with E-state index in [1.165, 1.54) is 0 Å². The van der Waals surface area contributed by atoms with Crippen molar-refractivity contribution in [2.24, 2.45) is 0 Å². The van der Waals surface area contributed by atoms with Crippen LogP contribution in [0.3, 0.4) is 0 Å². The molecule has 78 valence electrons. The molecule has 1 saturated heterocycles. The molecule has 1 atom stereocenters. The molecule has 4 heteroatoms. The Balaban J connectivity index is 2.25. The summed E-state index contributed by atoms with van der Waals surface area (Å²) in [6.07, 6.45) is 3.59. The van der Waals surface area contributed by atoms with Gasteiger partial charge in [0.1, 0.15) is 5.60 Å². The average molecular weight is 195 g/mol. The Hall–Kier alpha value is -0.870. The highest BCUT2D eigenvalue weighted by molar-refractivity contribution is 5.14. The molecule has 1 aliphatic rings. The van der Waals surface area contributed by atoms with E-state index in [9.17, 15) is 5.11 Å². The summed E-state index contributed by atoms with van der Waals surface area (Å²) in [4.78, 5) is 0. The first-order chi connectivity index (χ1) is 6.76. The van der Waals surface area contributed by atoms with Crippen molar-refractivity contribution in [2.45, 2.75) is 31.9 Å². The Labute approximate surface area is 83.9 Å². The minimum Gasteiger partial charge on any atom is -0.382 e. The Morgan fingerprint density at radius 3 is 3.21 bits per heavy atom. The molecule has 1 aromatic heterocycles. The Bertz CT molecular complexity index is 302. The van der Waals surface area contributed by atoms with Crippen LogP contribution in [0.1, 0.15) is 25.5 Å². The smallest absolute Gasteiger partial charge is 0.120 e. The van der Waals surface area contributed by atoms with E-state index in [2.05, 4.69) is 17.3 Å². The fraction of sp³-hybridized carbons (Fsp3) is 0.700. The van der Waals surface area contributed by atoms with E-state index in [1.807, 2.05) is 10.7 Å². The molecule has 0 radical (unpaired) electrons. The molecule has 0 spiro atoms. The first-order valence-corrected chi connectivity index (χ1v) is 5.21. The number of nitrogens with zero attached hydrogens (tertiary/aromatic N) is 2. The second-order valence-corrected chi connectivity index (χ2v) is 3.90. The number of aryl methyl sites for hydroxylation is 1. The third-order valence-corrected chi connectivity index (χ3v) is 2.76. The van der Waals surface area contributed by atoms with Gasteiger partial charge >= 0.3 is 0 Å². The summed E-state index contributed by atoms with van der Waals surface area (Å²) < 4.78 is 1.91. The molecular weight excluding hydrogens is 178 g/mol. The van der Waals surface area contributed by atoms with Gasteiger partial charge in [-0.05, 0) is 25.5 Å². The second kappa shape index (κ2) is 3.71. The van der Waals surface area contributed by atoms with Gasteiger partial charge < -0.3 is 10.4 Å².